The van der Waals surface area contributed by atoms with E-state index < -0.39 is 17.7 Å². The van der Waals surface area contributed by atoms with Crippen LogP contribution in [0.25, 0.3) is 0 Å². The fraction of sp³-hybridized carbons (Fsp3) is 0.250. The van der Waals surface area contributed by atoms with Gasteiger partial charge in [-0.05, 0) is 6.07 Å². The number of ether oxygens (including phenoxy) is 1. The van der Waals surface area contributed by atoms with Crippen molar-refractivity contribution in [3.05, 3.63) is 28.3 Å². The number of nitro benzene ring substituents is 1. The summed E-state index contributed by atoms with van der Waals surface area (Å²) in [5, 5.41) is 10.4. The molecule has 8 heteroatoms. The Morgan fingerprint density at radius 2 is 2.06 bits per heavy atom. The van der Waals surface area contributed by atoms with Crippen LogP contribution in [0, 0.1) is 10.1 Å². The molecule has 0 aliphatic heterocycles. The smallest absolute Gasteiger partial charge is 0.422 e. The van der Waals surface area contributed by atoms with Crippen LogP contribution in [0.1, 0.15) is 0 Å². The molecule has 0 atom stereocenters. The van der Waals surface area contributed by atoms with Gasteiger partial charge in [0.05, 0.1) is 16.7 Å². The number of hydrogen-bond donors (Lipinski definition) is 1. The number of nitrogens with zero attached hydrogens (tertiary/aromatic N) is 1. The maximum absolute atomic E-state index is 11.8. The van der Waals surface area contributed by atoms with Gasteiger partial charge in [0.2, 0.25) is 0 Å². The number of alkyl halides is 3. The molecule has 5 nitrogen and oxygen atoms in total. The Hall–Kier alpha value is -1.99. The maximum atomic E-state index is 11.8. The van der Waals surface area contributed by atoms with Crippen LogP contribution in [0.15, 0.2) is 18.2 Å². The van der Waals surface area contributed by atoms with E-state index in [1.807, 2.05) is 0 Å². The van der Waals surface area contributed by atoms with E-state index in [2.05, 4.69) is 4.74 Å². The van der Waals surface area contributed by atoms with Crippen molar-refractivity contribution in [3.63, 3.8) is 0 Å². The van der Waals surface area contributed by atoms with Gasteiger partial charge < -0.3 is 10.5 Å². The predicted molar refractivity (Wildman–Crippen MR) is 49.1 cm³/mol. The predicted octanol–water partition coefficient (Wildman–Crippen LogP) is 2.12. The minimum Gasteiger partial charge on any atom is -0.482 e. The second-order valence-electron chi connectivity index (χ2n) is 2.88. The molecule has 0 aliphatic rings. The monoisotopic (exact) mass is 236 g/mol. The number of nitrogens with two attached hydrogens (primary N) is 1. The number of non-ortho nitro benzene ring substituents is 1. The third kappa shape index (κ3) is 3.30. The number of halogens is 3. The molecule has 1 aromatic rings. The summed E-state index contributed by atoms with van der Waals surface area (Å²) in [4.78, 5) is 9.60. The molecule has 0 aliphatic carbocycles. The lowest BCUT2D eigenvalue weighted by Crippen LogP contribution is -2.19. The summed E-state index contributed by atoms with van der Waals surface area (Å²) >= 11 is 0. The molecule has 16 heavy (non-hydrogen) atoms. The Kier molecular flexibility index (Phi) is 3.21. The lowest BCUT2D eigenvalue weighted by atomic mass is 10.2. The van der Waals surface area contributed by atoms with E-state index in [4.69, 9.17) is 5.73 Å². The fourth-order valence-corrected chi connectivity index (χ4v) is 0.921. The molecule has 0 saturated heterocycles. The van der Waals surface area contributed by atoms with E-state index in [-0.39, 0.29) is 17.1 Å². The van der Waals surface area contributed by atoms with Gasteiger partial charge in [0.25, 0.3) is 5.69 Å². The first-order valence-electron chi connectivity index (χ1n) is 4.03. The van der Waals surface area contributed by atoms with Crippen LogP contribution in [0.5, 0.6) is 5.75 Å². The van der Waals surface area contributed by atoms with Gasteiger partial charge in [-0.1, -0.05) is 0 Å². The zero-order valence-corrected chi connectivity index (χ0v) is 7.82. The van der Waals surface area contributed by atoms with Crippen LogP contribution in [0.3, 0.4) is 0 Å². The largest absolute Gasteiger partial charge is 0.482 e. The van der Waals surface area contributed by atoms with Crippen molar-refractivity contribution in [2.45, 2.75) is 6.18 Å². The van der Waals surface area contributed by atoms with E-state index in [0.29, 0.717) is 0 Å². The average Bonchev–Trinajstić information content (AvgIpc) is 2.14. The van der Waals surface area contributed by atoms with Gasteiger partial charge in [-0.2, -0.15) is 13.2 Å². The molecule has 88 valence electrons. The third-order valence-electron chi connectivity index (χ3n) is 1.60. The Balaban J connectivity index is 2.86. The minimum absolute atomic E-state index is 0.0881. The highest BCUT2D eigenvalue weighted by Gasteiger charge is 2.29. The number of hydrogen-bond acceptors (Lipinski definition) is 4. The van der Waals surface area contributed by atoms with Gasteiger partial charge in [-0.15, -0.1) is 0 Å². The zero-order valence-electron chi connectivity index (χ0n) is 7.82. The standard InChI is InChI=1S/C8H7F3N2O3/c9-8(10,11)4-16-7-3-5(13(14)15)1-2-6(7)12/h1-3H,4,12H2. The summed E-state index contributed by atoms with van der Waals surface area (Å²) in [5.41, 5.74) is 4.83. The Bertz CT molecular complexity index is 406. The highest BCUT2D eigenvalue weighted by atomic mass is 19.4. The number of anilines is 1. The third-order valence-corrected chi connectivity index (χ3v) is 1.60. The summed E-state index contributed by atoms with van der Waals surface area (Å²) < 4.78 is 39.8. The molecule has 0 spiro atoms. The average molecular weight is 236 g/mol. The van der Waals surface area contributed by atoms with Crippen LogP contribution in [0.4, 0.5) is 24.5 Å². The van der Waals surface area contributed by atoms with E-state index in [0.717, 1.165) is 18.2 Å². The van der Waals surface area contributed by atoms with Gasteiger partial charge in [0, 0.05) is 6.07 Å². The van der Waals surface area contributed by atoms with Crippen molar-refractivity contribution >= 4 is 11.4 Å². The molecular formula is C8H7F3N2O3. The van der Waals surface area contributed by atoms with Gasteiger partial charge in [-0.3, -0.25) is 10.1 Å². The Morgan fingerprint density at radius 1 is 1.44 bits per heavy atom. The fourth-order valence-electron chi connectivity index (χ4n) is 0.921. The summed E-state index contributed by atoms with van der Waals surface area (Å²) in [6, 6.07) is 3.04. The van der Waals surface area contributed by atoms with Crippen molar-refractivity contribution in [2.24, 2.45) is 0 Å². The normalized spacial score (nSPS) is 11.2. The van der Waals surface area contributed by atoms with Gasteiger partial charge >= 0.3 is 6.18 Å². The number of nitro groups is 1. The molecule has 0 radical (unpaired) electrons. The summed E-state index contributed by atoms with van der Waals surface area (Å²) in [6.45, 7) is -1.54. The summed E-state index contributed by atoms with van der Waals surface area (Å²) in [5.74, 6) is -0.355. The molecule has 0 saturated carbocycles. The molecule has 1 rings (SSSR count). The second-order valence-corrected chi connectivity index (χ2v) is 2.88. The van der Waals surface area contributed by atoms with Crippen LogP contribution < -0.4 is 10.5 Å². The molecule has 0 aromatic heterocycles. The Labute approximate surface area is 87.8 Å². The van der Waals surface area contributed by atoms with Gasteiger partial charge in [0.15, 0.2) is 6.61 Å². The van der Waals surface area contributed by atoms with Crippen molar-refractivity contribution in [3.8, 4) is 5.75 Å². The van der Waals surface area contributed by atoms with Crippen molar-refractivity contribution in [2.75, 3.05) is 12.3 Å². The van der Waals surface area contributed by atoms with Crippen molar-refractivity contribution in [1.29, 1.82) is 0 Å². The summed E-state index contributed by atoms with van der Waals surface area (Å²) in [6.07, 6.45) is -4.52. The Morgan fingerprint density at radius 3 is 2.56 bits per heavy atom. The van der Waals surface area contributed by atoms with Crippen molar-refractivity contribution in [1.82, 2.24) is 0 Å². The first-order chi connectivity index (χ1) is 7.29. The number of benzene rings is 1. The highest BCUT2D eigenvalue weighted by Crippen LogP contribution is 2.28. The van der Waals surface area contributed by atoms with Crippen LogP contribution in [-0.2, 0) is 0 Å². The molecule has 0 unspecified atom stereocenters. The van der Waals surface area contributed by atoms with Crippen LogP contribution >= 0.6 is 0 Å². The molecule has 0 bridgehead atoms. The minimum atomic E-state index is -4.52. The maximum Gasteiger partial charge on any atom is 0.422 e. The zero-order chi connectivity index (χ0) is 12.3. The molecule has 2 N–H and O–H groups in total. The van der Waals surface area contributed by atoms with Crippen molar-refractivity contribution < 1.29 is 22.8 Å². The first-order valence-corrected chi connectivity index (χ1v) is 4.03. The molecular weight excluding hydrogens is 229 g/mol. The number of rotatable bonds is 3. The topological polar surface area (TPSA) is 78.4 Å². The highest BCUT2D eigenvalue weighted by molar-refractivity contribution is 5.57. The van der Waals surface area contributed by atoms with Gasteiger partial charge in [-0.25, -0.2) is 0 Å². The van der Waals surface area contributed by atoms with Crippen LogP contribution in [0.2, 0.25) is 0 Å². The molecule has 0 fully saturated rings. The second kappa shape index (κ2) is 4.25. The van der Waals surface area contributed by atoms with E-state index >= 15 is 0 Å². The quantitative estimate of drug-likeness (QED) is 0.495. The molecule has 1 aromatic carbocycles. The molecule has 0 heterocycles. The SMILES string of the molecule is Nc1ccc([N+](=O)[O-])cc1OCC(F)(F)F. The lowest BCUT2D eigenvalue weighted by molar-refractivity contribution is -0.384. The van der Waals surface area contributed by atoms with Gasteiger partial charge in [0.1, 0.15) is 5.75 Å². The van der Waals surface area contributed by atoms with Crippen LogP contribution in [-0.4, -0.2) is 17.7 Å². The van der Waals surface area contributed by atoms with E-state index in [9.17, 15) is 23.3 Å². The van der Waals surface area contributed by atoms with E-state index in [1.54, 1.807) is 0 Å². The lowest BCUT2D eigenvalue weighted by Gasteiger charge is -2.10. The first kappa shape index (κ1) is 12.1. The summed E-state index contributed by atoms with van der Waals surface area (Å²) in [7, 11) is 0. The number of nitrogen functional groups attached to an aromatic ring is 1. The molecule has 0 amide bonds. The van der Waals surface area contributed by atoms with E-state index in [1.165, 1.54) is 0 Å².